The molecule has 0 bridgehead atoms. The van der Waals surface area contributed by atoms with E-state index in [1.54, 1.807) is 25.3 Å². The molecule has 6 nitrogen and oxygen atoms in total. The minimum absolute atomic E-state index is 0. The zero-order chi connectivity index (χ0) is 14.5. The summed E-state index contributed by atoms with van der Waals surface area (Å²) < 4.78 is 10.7. The second-order valence-corrected chi connectivity index (χ2v) is 4.67. The van der Waals surface area contributed by atoms with Crippen LogP contribution in [-0.2, 0) is 11.2 Å². The number of nitrogens with one attached hydrogen (secondary N) is 2. The van der Waals surface area contributed by atoms with Crippen LogP contribution in [0.3, 0.4) is 0 Å². The molecule has 0 fully saturated rings. The van der Waals surface area contributed by atoms with Crippen molar-refractivity contribution >= 4 is 30.7 Å². The lowest BCUT2D eigenvalue weighted by atomic mass is 10.2. The highest BCUT2D eigenvalue weighted by Gasteiger charge is 2.16. The molecule has 0 radical (unpaired) electrons. The molecule has 22 heavy (non-hydrogen) atoms. The molecule has 0 aliphatic rings. The highest BCUT2D eigenvalue weighted by atomic mass is 35.5. The van der Waals surface area contributed by atoms with Gasteiger partial charge >= 0.3 is 0 Å². The maximum Gasteiger partial charge on any atom is 0.263 e. The molecule has 0 aliphatic carbocycles. The van der Waals surface area contributed by atoms with E-state index in [-0.39, 0.29) is 43.2 Å². The molecule has 0 aromatic carbocycles. The number of carbonyl (C=O) groups is 1. The summed E-state index contributed by atoms with van der Waals surface area (Å²) in [7, 11) is 1.86. The summed E-state index contributed by atoms with van der Waals surface area (Å²) in [5.74, 6) is 1.52. The number of rotatable bonds is 6. The van der Waals surface area contributed by atoms with Crippen LogP contribution in [0.5, 0.6) is 0 Å². The van der Waals surface area contributed by atoms with Crippen molar-refractivity contribution in [1.29, 1.82) is 0 Å². The maximum absolute atomic E-state index is 11.8. The number of aromatic nitrogens is 1. The Hall–Kier alpha value is -1.50. The number of hydrogen-bond donors (Lipinski definition) is 2. The van der Waals surface area contributed by atoms with E-state index in [9.17, 15) is 4.79 Å². The number of halogens is 2. The molecule has 2 aromatic rings. The largest absolute Gasteiger partial charge is 0.459 e. The molecule has 2 rings (SSSR count). The van der Waals surface area contributed by atoms with Crippen LogP contribution in [0.25, 0.3) is 11.7 Å². The molecule has 124 valence electrons. The number of carbonyl (C=O) groups excluding carboxylic acids is 1. The minimum atomic E-state index is -0.0745. The van der Waals surface area contributed by atoms with Crippen molar-refractivity contribution in [2.75, 3.05) is 13.6 Å². The van der Waals surface area contributed by atoms with Gasteiger partial charge in [-0.15, -0.1) is 24.8 Å². The first-order valence-corrected chi connectivity index (χ1v) is 6.54. The number of oxazole rings is 1. The lowest BCUT2D eigenvalue weighted by molar-refractivity contribution is -0.120. The van der Waals surface area contributed by atoms with Crippen LogP contribution in [0, 0.1) is 6.92 Å². The molecular weight excluding hydrogens is 329 g/mol. The van der Waals surface area contributed by atoms with Crippen molar-refractivity contribution in [3.05, 3.63) is 29.9 Å². The van der Waals surface area contributed by atoms with Gasteiger partial charge in [-0.3, -0.25) is 4.79 Å². The standard InChI is InChI=1S/C14H19N3O3.2ClH/c1-9(15-3)8-16-13(18)7-11-10(2)20-14(17-11)12-5-4-6-19-12;;/h4-6,9,15H,7-8H2,1-3H3,(H,16,18);2*1H. The second-order valence-electron chi connectivity index (χ2n) is 4.67. The van der Waals surface area contributed by atoms with E-state index >= 15 is 0 Å². The summed E-state index contributed by atoms with van der Waals surface area (Å²) in [4.78, 5) is 16.1. The Labute approximate surface area is 141 Å². The molecule has 1 unspecified atom stereocenters. The van der Waals surface area contributed by atoms with Crippen molar-refractivity contribution in [1.82, 2.24) is 15.6 Å². The fraction of sp³-hybridized carbons (Fsp3) is 0.429. The Kier molecular flexibility index (Phi) is 8.86. The molecule has 0 spiro atoms. The van der Waals surface area contributed by atoms with E-state index < -0.39 is 0 Å². The molecule has 1 amide bonds. The zero-order valence-electron chi connectivity index (χ0n) is 12.7. The quantitative estimate of drug-likeness (QED) is 0.836. The monoisotopic (exact) mass is 349 g/mol. The van der Waals surface area contributed by atoms with Gasteiger partial charge in [-0.25, -0.2) is 4.98 Å². The van der Waals surface area contributed by atoms with Crippen LogP contribution >= 0.6 is 24.8 Å². The summed E-state index contributed by atoms with van der Waals surface area (Å²) >= 11 is 0. The van der Waals surface area contributed by atoms with Gasteiger partial charge in [0.2, 0.25) is 5.91 Å². The normalized spacial score (nSPS) is 11.2. The minimum Gasteiger partial charge on any atom is -0.459 e. The van der Waals surface area contributed by atoms with E-state index in [1.165, 1.54) is 0 Å². The van der Waals surface area contributed by atoms with Gasteiger partial charge in [0.25, 0.3) is 5.89 Å². The van der Waals surface area contributed by atoms with Crippen LogP contribution in [0.4, 0.5) is 0 Å². The van der Waals surface area contributed by atoms with Crippen molar-refractivity contribution in [3.63, 3.8) is 0 Å². The van der Waals surface area contributed by atoms with Gasteiger partial charge in [0.1, 0.15) is 5.76 Å². The van der Waals surface area contributed by atoms with Crippen molar-refractivity contribution in [2.45, 2.75) is 26.3 Å². The van der Waals surface area contributed by atoms with Gasteiger partial charge in [0, 0.05) is 12.6 Å². The predicted octanol–water partition coefficient (Wildman–Crippen LogP) is 2.35. The van der Waals surface area contributed by atoms with Gasteiger partial charge in [-0.1, -0.05) is 0 Å². The molecule has 0 saturated carbocycles. The molecule has 0 saturated heterocycles. The average Bonchev–Trinajstić information content (AvgIpc) is 3.06. The Morgan fingerprint density at radius 1 is 1.41 bits per heavy atom. The lowest BCUT2D eigenvalue weighted by Crippen LogP contribution is -2.37. The first-order chi connectivity index (χ1) is 9.60. The van der Waals surface area contributed by atoms with Gasteiger partial charge in [0.05, 0.1) is 18.4 Å². The molecule has 2 heterocycles. The molecule has 8 heteroatoms. The van der Waals surface area contributed by atoms with Crippen LogP contribution in [0.15, 0.2) is 27.2 Å². The van der Waals surface area contributed by atoms with Crippen LogP contribution in [0.1, 0.15) is 18.4 Å². The van der Waals surface area contributed by atoms with Gasteiger partial charge < -0.3 is 19.5 Å². The lowest BCUT2D eigenvalue weighted by Gasteiger charge is -2.10. The smallest absolute Gasteiger partial charge is 0.263 e. The Bertz CT molecular complexity index is 570. The highest BCUT2D eigenvalue weighted by molar-refractivity contribution is 5.85. The zero-order valence-corrected chi connectivity index (χ0v) is 14.3. The third-order valence-electron chi connectivity index (χ3n) is 3.05. The first-order valence-electron chi connectivity index (χ1n) is 6.54. The Morgan fingerprint density at radius 3 is 2.73 bits per heavy atom. The molecule has 0 aliphatic heterocycles. The number of furan rings is 1. The number of nitrogens with zero attached hydrogens (tertiary/aromatic N) is 1. The SMILES string of the molecule is CNC(C)CNC(=O)Cc1nc(-c2ccco2)oc1C.Cl.Cl. The van der Waals surface area contributed by atoms with Crippen molar-refractivity contribution in [2.24, 2.45) is 0 Å². The topological polar surface area (TPSA) is 80.3 Å². The summed E-state index contributed by atoms with van der Waals surface area (Å²) in [6.07, 6.45) is 1.76. The summed E-state index contributed by atoms with van der Waals surface area (Å²) in [5, 5.41) is 5.90. The fourth-order valence-corrected chi connectivity index (χ4v) is 1.68. The maximum atomic E-state index is 11.8. The van der Waals surface area contributed by atoms with E-state index in [0.29, 0.717) is 29.6 Å². The fourth-order valence-electron chi connectivity index (χ4n) is 1.68. The highest BCUT2D eigenvalue weighted by Crippen LogP contribution is 2.22. The third kappa shape index (κ3) is 5.36. The molecule has 1 atom stereocenters. The van der Waals surface area contributed by atoms with E-state index in [1.807, 2.05) is 14.0 Å². The van der Waals surface area contributed by atoms with Gasteiger partial charge in [-0.2, -0.15) is 0 Å². The number of hydrogen-bond acceptors (Lipinski definition) is 5. The van der Waals surface area contributed by atoms with E-state index in [2.05, 4.69) is 15.6 Å². The summed E-state index contributed by atoms with van der Waals surface area (Å²) in [6.45, 7) is 4.37. The average molecular weight is 350 g/mol. The van der Waals surface area contributed by atoms with E-state index in [4.69, 9.17) is 8.83 Å². The van der Waals surface area contributed by atoms with Crippen LogP contribution < -0.4 is 10.6 Å². The number of amides is 1. The van der Waals surface area contributed by atoms with Gasteiger partial charge in [0.15, 0.2) is 5.76 Å². The summed E-state index contributed by atoms with van der Waals surface area (Å²) in [6, 6.07) is 3.76. The first kappa shape index (κ1) is 20.5. The predicted molar refractivity (Wildman–Crippen MR) is 88.7 cm³/mol. The van der Waals surface area contributed by atoms with Crippen molar-refractivity contribution < 1.29 is 13.6 Å². The Balaban J connectivity index is 0.00000220. The van der Waals surface area contributed by atoms with Gasteiger partial charge in [-0.05, 0) is 33.0 Å². The number of aryl methyl sites for hydroxylation is 1. The van der Waals surface area contributed by atoms with Crippen molar-refractivity contribution in [3.8, 4) is 11.7 Å². The molecule has 2 N–H and O–H groups in total. The third-order valence-corrected chi connectivity index (χ3v) is 3.05. The molecule has 2 aromatic heterocycles. The Morgan fingerprint density at radius 2 is 2.14 bits per heavy atom. The van der Waals surface area contributed by atoms with Crippen LogP contribution in [0.2, 0.25) is 0 Å². The second kappa shape index (κ2) is 9.50. The van der Waals surface area contributed by atoms with E-state index in [0.717, 1.165) is 0 Å². The molecular formula is C14H21Cl2N3O3. The van der Waals surface area contributed by atoms with Crippen LogP contribution in [-0.4, -0.2) is 30.5 Å². The summed E-state index contributed by atoms with van der Waals surface area (Å²) in [5.41, 5.74) is 0.631. The number of likely N-dealkylation sites (N-methyl/N-ethyl adjacent to an activating group) is 1.